The lowest BCUT2D eigenvalue weighted by atomic mass is 9.68. The number of anilines is 1. The highest BCUT2D eigenvalue weighted by Crippen LogP contribution is 2.42. The molecule has 3 heterocycles. The molecule has 124 valence electrons. The van der Waals surface area contributed by atoms with Gasteiger partial charge in [-0.05, 0) is 45.0 Å². The van der Waals surface area contributed by atoms with Crippen LogP contribution in [-0.4, -0.2) is 59.6 Å². The number of primary amides is 1. The minimum atomic E-state index is -0.701. The third-order valence-electron chi connectivity index (χ3n) is 5.30. The van der Waals surface area contributed by atoms with Crippen LogP contribution in [0.4, 0.5) is 5.82 Å². The summed E-state index contributed by atoms with van der Waals surface area (Å²) in [6, 6.07) is 3.21. The molecular formula is C16H22N4O3. The van der Waals surface area contributed by atoms with Crippen molar-refractivity contribution in [1.82, 2.24) is 9.88 Å². The zero-order valence-corrected chi connectivity index (χ0v) is 13.2. The van der Waals surface area contributed by atoms with Gasteiger partial charge in [-0.3, -0.25) is 9.59 Å². The summed E-state index contributed by atoms with van der Waals surface area (Å²) in [5.74, 6) is -0.507. The Morgan fingerprint density at radius 1 is 1.39 bits per heavy atom. The molecule has 0 spiro atoms. The van der Waals surface area contributed by atoms with Crippen molar-refractivity contribution in [3.8, 4) is 0 Å². The highest BCUT2D eigenvalue weighted by molar-refractivity contribution is 5.93. The average Bonchev–Trinajstić information content (AvgIpc) is 2.55. The normalized spacial score (nSPS) is 28.2. The maximum Gasteiger partial charge on any atom is 0.311 e. The number of carboxylic acids is 1. The number of hydrogen-bond acceptors (Lipinski definition) is 5. The van der Waals surface area contributed by atoms with Crippen molar-refractivity contribution < 1.29 is 14.7 Å². The van der Waals surface area contributed by atoms with Gasteiger partial charge in [0.25, 0.3) is 0 Å². The highest BCUT2D eigenvalue weighted by atomic mass is 16.4. The van der Waals surface area contributed by atoms with Crippen LogP contribution >= 0.6 is 0 Å². The van der Waals surface area contributed by atoms with Crippen molar-refractivity contribution in [3.63, 3.8) is 0 Å². The number of amides is 1. The Morgan fingerprint density at radius 2 is 2.17 bits per heavy atom. The molecule has 2 atom stereocenters. The van der Waals surface area contributed by atoms with E-state index in [1.165, 1.54) is 0 Å². The van der Waals surface area contributed by atoms with E-state index in [0.717, 1.165) is 19.4 Å². The maximum absolute atomic E-state index is 11.9. The Balaban J connectivity index is 1.87. The van der Waals surface area contributed by atoms with E-state index >= 15 is 0 Å². The molecule has 3 rings (SSSR count). The number of rotatable bonds is 3. The quantitative estimate of drug-likeness (QED) is 0.844. The van der Waals surface area contributed by atoms with E-state index in [2.05, 4.69) is 14.8 Å². The third-order valence-corrected chi connectivity index (χ3v) is 5.30. The van der Waals surface area contributed by atoms with Gasteiger partial charge in [0.15, 0.2) is 0 Å². The number of piperidine rings is 2. The SMILES string of the molecule is CN1CCC[C@]2(C(=O)O)CCN(c3cc(C(N)=O)ccn3)C[C@@H]12. The molecular weight excluding hydrogens is 296 g/mol. The van der Waals surface area contributed by atoms with Gasteiger partial charge in [-0.25, -0.2) is 4.98 Å². The van der Waals surface area contributed by atoms with E-state index < -0.39 is 17.3 Å². The van der Waals surface area contributed by atoms with E-state index in [9.17, 15) is 14.7 Å². The number of carboxylic acid groups (broad SMARTS) is 1. The first-order chi connectivity index (χ1) is 10.9. The number of likely N-dealkylation sites (tertiary alicyclic amines) is 1. The van der Waals surface area contributed by atoms with Gasteiger partial charge in [-0.1, -0.05) is 0 Å². The predicted octanol–water partition coefficient (Wildman–Crippen LogP) is 0.556. The van der Waals surface area contributed by atoms with Crippen LogP contribution in [0, 0.1) is 5.41 Å². The van der Waals surface area contributed by atoms with Crippen molar-refractivity contribution >= 4 is 17.7 Å². The van der Waals surface area contributed by atoms with E-state index in [0.29, 0.717) is 30.9 Å². The van der Waals surface area contributed by atoms with E-state index in [1.807, 2.05) is 7.05 Å². The molecule has 2 aliphatic heterocycles. The number of nitrogens with zero attached hydrogens (tertiary/aromatic N) is 3. The van der Waals surface area contributed by atoms with Gasteiger partial charge in [0.2, 0.25) is 5.91 Å². The molecule has 2 saturated heterocycles. The molecule has 0 bridgehead atoms. The molecule has 3 N–H and O–H groups in total. The molecule has 23 heavy (non-hydrogen) atoms. The summed E-state index contributed by atoms with van der Waals surface area (Å²) in [5, 5.41) is 9.79. The van der Waals surface area contributed by atoms with Crippen LogP contribution in [0.2, 0.25) is 0 Å². The van der Waals surface area contributed by atoms with Crippen LogP contribution in [0.5, 0.6) is 0 Å². The minimum Gasteiger partial charge on any atom is -0.481 e. The van der Waals surface area contributed by atoms with Gasteiger partial charge in [0.1, 0.15) is 5.82 Å². The van der Waals surface area contributed by atoms with Gasteiger partial charge >= 0.3 is 5.97 Å². The van der Waals surface area contributed by atoms with Crippen molar-refractivity contribution in [3.05, 3.63) is 23.9 Å². The lowest BCUT2D eigenvalue weighted by Crippen LogP contribution is -2.63. The molecule has 0 aromatic carbocycles. The first kappa shape index (κ1) is 15.7. The summed E-state index contributed by atoms with van der Waals surface area (Å²) in [4.78, 5) is 31.8. The average molecular weight is 318 g/mol. The Morgan fingerprint density at radius 3 is 2.87 bits per heavy atom. The fraction of sp³-hybridized carbons (Fsp3) is 0.562. The second-order valence-corrected chi connectivity index (χ2v) is 6.52. The van der Waals surface area contributed by atoms with E-state index in [1.54, 1.807) is 18.3 Å². The summed E-state index contributed by atoms with van der Waals surface area (Å²) < 4.78 is 0. The maximum atomic E-state index is 11.9. The summed E-state index contributed by atoms with van der Waals surface area (Å²) >= 11 is 0. The first-order valence-electron chi connectivity index (χ1n) is 7.88. The fourth-order valence-corrected chi connectivity index (χ4v) is 3.94. The Bertz CT molecular complexity index is 636. The number of carbonyl (C=O) groups excluding carboxylic acids is 1. The molecule has 0 unspecified atom stereocenters. The molecule has 0 radical (unpaired) electrons. The van der Waals surface area contributed by atoms with Crippen molar-refractivity contribution in [2.45, 2.75) is 25.3 Å². The third kappa shape index (κ3) is 2.65. The smallest absolute Gasteiger partial charge is 0.311 e. The first-order valence-corrected chi connectivity index (χ1v) is 7.88. The zero-order valence-electron chi connectivity index (χ0n) is 13.2. The van der Waals surface area contributed by atoms with Gasteiger partial charge in [0.05, 0.1) is 5.41 Å². The lowest BCUT2D eigenvalue weighted by Gasteiger charge is -2.52. The largest absolute Gasteiger partial charge is 0.481 e. The van der Waals surface area contributed by atoms with Crippen molar-refractivity contribution in [2.75, 3.05) is 31.6 Å². The van der Waals surface area contributed by atoms with Crippen LogP contribution in [0.1, 0.15) is 29.6 Å². The van der Waals surface area contributed by atoms with Crippen LogP contribution < -0.4 is 10.6 Å². The summed E-state index contributed by atoms with van der Waals surface area (Å²) in [7, 11) is 1.98. The number of nitrogens with two attached hydrogens (primary N) is 1. The molecule has 1 aromatic rings. The standard InChI is InChI=1S/C16H22N4O3/c1-19-7-2-4-16(15(22)23)5-8-20(10-12(16)19)13-9-11(14(17)21)3-6-18-13/h3,6,9,12H,2,4-5,7-8,10H2,1H3,(H2,17,21)(H,22,23)/t12-,16+/m1/s1. The van der Waals surface area contributed by atoms with Gasteiger partial charge in [0, 0.05) is 30.9 Å². The summed E-state index contributed by atoms with van der Waals surface area (Å²) in [6.07, 6.45) is 3.79. The van der Waals surface area contributed by atoms with Gasteiger partial charge < -0.3 is 20.6 Å². The summed E-state index contributed by atoms with van der Waals surface area (Å²) in [5.41, 5.74) is 5.07. The fourth-order valence-electron chi connectivity index (χ4n) is 3.94. The Labute approximate surface area is 135 Å². The molecule has 1 aromatic heterocycles. The number of aliphatic carboxylic acids is 1. The number of pyridine rings is 1. The van der Waals surface area contributed by atoms with Gasteiger partial charge in [-0.2, -0.15) is 0 Å². The number of fused-ring (bicyclic) bond motifs is 1. The topological polar surface area (TPSA) is 99.8 Å². The van der Waals surface area contributed by atoms with E-state index in [-0.39, 0.29) is 6.04 Å². The molecule has 0 saturated carbocycles. The molecule has 2 fully saturated rings. The Hall–Kier alpha value is -2.15. The minimum absolute atomic E-state index is 0.0541. The van der Waals surface area contributed by atoms with E-state index in [4.69, 9.17) is 5.73 Å². The molecule has 2 aliphatic rings. The number of carbonyl (C=O) groups is 2. The van der Waals surface area contributed by atoms with Crippen LogP contribution in [-0.2, 0) is 4.79 Å². The van der Waals surface area contributed by atoms with Crippen LogP contribution in [0.25, 0.3) is 0 Å². The molecule has 7 nitrogen and oxygen atoms in total. The lowest BCUT2D eigenvalue weighted by molar-refractivity contribution is -0.158. The second-order valence-electron chi connectivity index (χ2n) is 6.52. The highest BCUT2D eigenvalue weighted by Gasteiger charge is 2.52. The Kier molecular flexibility index (Phi) is 3.97. The van der Waals surface area contributed by atoms with Crippen LogP contribution in [0.3, 0.4) is 0 Å². The second kappa shape index (κ2) is 5.81. The number of aromatic nitrogens is 1. The molecule has 7 heteroatoms. The van der Waals surface area contributed by atoms with Gasteiger partial charge in [-0.15, -0.1) is 0 Å². The molecule has 1 amide bonds. The monoisotopic (exact) mass is 318 g/mol. The number of likely N-dealkylation sites (N-methyl/N-ethyl adjacent to an activating group) is 1. The number of hydrogen-bond donors (Lipinski definition) is 2. The van der Waals surface area contributed by atoms with Crippen LogP contribution in [0.15, 0.2) is 18.3 Å². The van der Waals surface area contributed by atoms with Crippen molar-refractivity contribution in [1.29, 1.82) is 0 Å². The van der Waals surface area contributed by atoms with Crippen molar-refractivity contribution in [2.24, 2.45) is 11.1 Å². The molecule has 0 aliphatic carbocycles. The zero-order chi connectivity index (χ0) is 16.6. The predicted molar refractivity (Wildman–Crippen MR) is 85.3 cm³/mol. The summed E-state index contributed by atoms with van der Waals surface area (Å²) in [6.45, 7) is 2.12.